The summed E-state index contributed by atoms with van der Waals surface area (Å²) in [4.78, 5) is 15.0. The lowest BCUT2D eigenvalue weighted by atomic mass is 10.1. The van der Waals surface area contributed by atoms with Crippen LogP contribution in [0.15, 0.2) is 53.4 Å². The summed E-state index contributed by atoms with van der Waals surface area (Å²) in [5, 5.41) is 8.93. The van der Waals surface area contributed by atoms with Gasteiger partial charge in [-0.1, -0.05) is 25.1 Å². The van der Waals surface area contributed by atoms with Gasteiger partial charge in [-0.3, -0.25) is 4.79 Å². The first kappa shape index (κ1) is 21.0. The molecule has 152 valence electrons. The molecule has 0 bridgehead atoms. The molecule has 2 aromatic rings. The summed E-state index contributed by atoms with van der Waals surface area (Å²) in [6.45, 7) is 4.01. The molecule has 29 heavy (non-hydrogen) atoms. The molecule has 1 saturated heterocycles. The van der Waals surface area contributed by atoms with Gasteiger partial charge >= 0.3 is 0 Å². The largest absolute Gasteiger partial charge is 0.334 e. The zero-order valence-corrected chi connectivity index (χ0v) is 17.4. The predicted molar refractivity (Wildman–Crippen MR) is 111 cm³/mol. The maximum Gasteiger partial charge on any atom is 0.254 e. The number of hydrogen-bond acceptors (Lipinski definition) is 4. The fourth-order valence-electron chi connectivity index (χ4n) is 3.48. The Balaban J connectivity index is 1.83. The Morgan fingerprint density at radius 2 is 1.83 bits per heavy atom. The van der Waals surface area contributed by atoms with Crippen LogP contribution in [0.4, 0.5) is 0 Å². The molecular weight excluding hydrogens is 386 g/mol. The van der Waals surface area contributed by atoms with Crippen molar-refractivity contribution in [2.75, 3.05) is 19.6 Å². The fraction of sp³-hybridized carbons (Fsp3) is 0.364. The van der Waals surface area contributed by atoms with Crippen molar-refractivity contribution in [3.63, 3.8) is 0 Å². The molecule has 2 aromatic carbocycles. The third-order valence-electron chi connectivity index (χ3n) is 5.02. The molecule has 1 amide bonds. The summed E-state index contributed by atoms with van der Waals surface area (Å²) < 4.78 is 27.1. The van der Waals surface area contributed by atoms with E-state index < -0.39 is 10.0 Å². The fourth-order valence-corrected chi connectivity index (χ4v) is 5.04. The third-order valence-corrected chi connectivity index (χ3v) is 6.92. The first-order valence-electron chi connectivity index (χ1n) is 9.84. The van der Waals surface area contributed by atoms with Gasteiger partial charge in [0.2, 0.25) is 10.0 Å². The van der Waals surface area contributed by atoms with Crippen molar-refractivity contribution in [3.8, 4) is 6.07 Å². The highest BCUT2D eigenvalue weighted by molar-refractivity contribution is 7.89. The molecule has 7 heteroatoms. The van der Waals surface area contributed by atoms with Crippen LogP contribution in [0.1, 0.15) is 47.7 Å². The van der Waals surface area contributed by atoms with Gasteiger partial charge in [0, 0.05) is 31.7 Å². The Bertz CT molecular complexity index is 1000. The minimum absolute atomic E-state index is 0.167. The van der Waals surface area contributed by atoms with E-state index in [1.807, 2.05) is 19.1 Å². The molecule has 1 aliphatic heterocycles. The van der Waals surface area contributed by atoms with E-state index in [0.717, 1.165) is 24.8 Å². The normalized spacial score (nSPS) is 14.5. The van der Waals surface area contributed by atoms with Crippen LogP contribution in [0.3, 0.4) is 0 Å². The van der Waals surface area contributed by atoms with Gasteiger partial charge in [-0.2, -0.15) is 9.57 Å². The number of rotatable bonds is 7. The van der Waals surface area contributed by atoms with Gasteiger partial charge in [0.25, 0.3) is 5.91 Å². The summed E-state index contributed by atoms with van der Waals surface area (Å²) in [5.74, 6) is -0.199. The van der Waals surface area contributed by atoms with Crippen molar-refractivity contribution in [1.82, 2.24) is 9.21 Å². The van der Waals surface area contributed by atoms with Gasteiger partial charge in [-0.15, -0.1) is 0 Å². The number of nitriles is 1. The van der Waals surface area contributed by atoms with Crippen molar-refractivity contribution in [1.29, 1.82) is 5.26 Å². The molecule has 0 unspecified atom stereocenters. The molecule has 0 spiro atoms. The average molecular weight is 412 g/mol. The molecule has 0 aliphatic carbocycles. The zero-order chi connectivity index (χ0) is 20.9. The molecule has 0 saturated carbocycles. The Hall–Kier alpha value is -2.69. The average Bonchev–Trinajstić information content (AvgIpc) is 3.29. The van der Waals surface area contributed by atoms with Crippen LogP contribution in [-0.2, 0) is 16.6 Å². The van der Waals surface area contributed by atoms with Gasteiger partial charge in [0.05, 0.1) is 16.5 Å². The number of amides is 1. The number of carbonyl (C=O) groups is 1. The van der Waals surface area contributed by atoms with Gasteiger partial charge < -0.3 is 4.90 Å². The van der Waals surface area contributed by atoms with Crippen molar-refractivity contribution in [3.05, 3.63) is 65.2 Å². The lowest BCUT2D eigenvalue weighted by Gasteiger charge is -2.23. The van der Waals surface area contributed by atoms with Crippen LogP contribution >= 0.6 is 0 Å². The van der Waals surface area contributed by atoms with E-state index in [1.54, 1.807) is 35.2 Å². The monoisotopic (exact) mass is 411 g/mol. The molecule has 3 rings (SSSR count). The van der Waals surface area contributed by atoms with Crippen LogP contribution in [0, 0.1) is 11.3 Å². The van der Waals surface area contributed by atoms with Crippen LogP contribution in [0.2, 0.25) is 0 Å². The topological polar surface area (TPSA) is 81.5 Å². The SMILES string of the molecule is CCCN(Cc1ccc(C#N)cc1)C(=O)c1cccc(S(=O)(=O)N2CCCC2)c1. The van der Waals surface area contributed by atoms with Crippen LogP contribution < -0.4 is 0 Å². The highest BCUT2D eigenvalue weighted by atomic mass is 32.2. The van der Waals surface area contributed by atoms with Crippen molar-refractivity contribution < 1.29 is 13.2 Å². The summed E-state index contributed by atoms with van der Waals surface area (Å²) in [6, 6.07) is 15.5. The third kappa shape index (κ3) is 4.84. The first-order chi connectivity index (χ1) is 14.0. The molecule has 1 heterocycles. The van der Waals surface area contributed by atoms with Gasteiger partial charge in [0.1, 0.15) is 0 Å². The molecule has 0 atom stereocenters. The van der Waals surface area contributed by atoms with E-state index >= 15 is 0 Å². The highest BCUT2D eigenvalue weighted by Crippen LogP contribution is 2.22. The predicted octanol–water partition coefficient (Wildman–Crippen LogP) is 3.40. The quantitative estimate of drug-likeness (QED) is 0.699. The smallest absolute Gasteiger partial charge is 0.254 e. The van der Waals surface area contributed by atoms with Crippen molar-refractivity contribution in [2.45, 2.75) is 37.6 Å². The van der Waals surface area contributed by atoms with Gasteiger partial charge in [0.15, 0.2) is 0 Å². The minimum atomic E-state index is -3.57. The number of carbonyl (C=O) groups excluding carboxylic acids is 1. The number of hydrogen-bond donors (Lipinski definition) is 0. The van der Waals surface area contributed by atoms with Crippen molar-refractivity contribution in [2.24, 2.45) is 0 Å². The van der Waals surface area contributed by atoms with E-state index in [4.69, 9.17) is 5.26 Å². The lowest BCUT2D eigenvalue weighted by Crippen LogP contribution is -2.32. The molecule has 0 aromatic heterocycles. The highest BCUT2D eigenvalue weighted by Gasteiger charge is 2.28. The second kappa shape index (κ2) is 9.21. The van der Waals surface area contributed by atoms with Crippen molar-refractivity contribution >= 4 is 15.9 Å². The van der Waals surface area contributed by atoms with Crippen LogP contribution in [0.5, 0.6) is 0 Å². The maximum atomic E-state index is 13.1. The molecule has 1 fully saturated rings. The minimum Gasteiger partial charge on any atom is -0.334 e. The molecule has 0 N–H and O–H groups in total. The summed E-state index contributed by atoms with van der Waals surface area (Å²) in [7, 11) is -3.57. The van der Waals surface area contributed by atoms with E-state index in [2.05, 4.69) is 6.07 Å². The van der Waals surface area contributed by atoms with Gasteiger partial charge in [-0.25, -0.2) is 8.42 Å². The molecular formula is C22H25N3O3S. The molecule has 0 radical (unpaired) electrons. The Kier molecular flexibility index (Phi) is 6.68. The van der Waals surface area contributed by atoms with E-state index in [1.165, 1.54) is 10.4 Å². The second-order valence-corrected chi connectivity index (χ2v) is 9.11. The summed E-state index contributed by atoms with van der Waals surface area (Å²) in [6.07, 6.45) is 2.52. The zero-order valence-electron chi connectivity index (χ0n) is 16.5. The lowest BCUT2D eigenvalue weighted by molar-refractivity contribution is 0.0743. The van der Waals surface area contributed by atoms with Crippen LogP contribution in [0.25, 0.3) is 0 Å². The number of nitrogens with zero attached hydrogens (tertiary/aromatic N) is 3. The Morgan fingerprint density at radius 1 is 1.14 bits per heavy atom. The molecule has 1 aliphatic rings. The second-order valence-electron chi connectivity index (χ2n) is 7.17. The van der Waals surface area contributed by atoms with Crippen LogP contribution in [-0.4, -0.2) is 43.2 Å². The summed E-state index contributed by atoms with van der Waals surface area (Å²) in [5.41, 5.74) is 1.86. The number of benzene rings is 2. The van der Waals surface area contributed by atoms with E-state index in [9.17, 15) is 13.2 Å². The standard InChI is InChI=1S/C22H25N3O3S/c1-2-12-24(17-19-10-8-18(16-23)9-11-19)22(26)20-6-5-7-21(15-20)29(27,28)25-13-3-4-14-25/h5-11,15H,2-4,12-14,17H2,1H3. The Labute approximate surface area is 172 Å². The van der Waals surface area contributed by atoms with Gasteiger partial charge in [-0.05, 0) is 55.2 Å². The van der Waals surface area contributed by atoms with E-state index in [0.29, 0.717) is 37.3 Å². The summed E-state index contributed by atoms with van der Waals surface area (Å²) >= 11 is 0. The maximum absolute atomic E-state index is 13.1. The number of sulfonamides is 1. The van der Waals surface area contributed by atoms with E-state index in [-0.39, 0.29) is 10.8 Å². The first-order valence-corrected chi connectivity index (χ1v) is 11.3. The Morgan fingerprint density at radius 3 is 2.45 bits per heavy atom. The molecule has 6 nitrogen and oxygen atoms in total.